The van der Waals surface area contributed by atoms with Gasteiger partial charge in [-0.15, -0.1) is 0 Å². The lowest BCUT2D eigenvalue weighted by atomic mass is 9.84. The maximum atomic E-state index is 12.7. The zero-order valence-corrected chi connectivity index (χ0v) is 13.7. The summed E-state index contributed by atoms with van der Waals surface area (Å²) >= 11 is 0. The first-order chi connectivity index (χ1) is 10.5. The molecule has 0 aliphatic carbocycles. The van der Waals surface area contributed by atoms with Crippen LogP contribution in [0, 0.1) is 18.8 Å². The van der Waals surface area contributed by atoms with Crippen LogP contribution in [-0.2, 0) is 16.6 Å². The van der Waals surface area contributed by atoms with E-state index in [9.17, 15) is 4.79 Å². The number of carbonyl (C=O) groups is 1. The van der Waals surface area contributed by atoms with Gasteiger partial charge in [0.1, 0.15) is 0 Å². The topological polar surface area (TPSA) is 59.4 Å². The number of amides is 1. The summed E-state index contributed by atoms with van der Waals surface area (Å²) in [7, 11) is 4.02. The fraction of sp³-hybridized carbons (Fsp3) is 0.750. The number of rotatable bonds is 3. The molecule has 0 saturated carbocycles. The third-order valence-corrected chi connectivity index (χ3v) is 4.97. The third-order valence-electron chi connectivity index (χ3n) is 4.97. The van der Waals surface area contributed by atoms with E-state index in [1.54, 1.807) is 4.68 Å². The SMILES string of the molecule is Cc1nn(C)cc1NC(=O)[C@H]1CCO[C@@H]1C1CCN(C)CC1. The quantitative estimate of drug-likeness (QED) is 0.917. The number of ether oxygens (including phenoxy) is 1. The first-order valence-corrected chi connectivity index (χ1v) is 8.16. The lowest BCUT2D eigenvalue weighted by molar-refractivity contribution is -0.122. The van der Waals surface area contributed by atoms with Gasteiger partial charge in [-0.05, 0) is 52.2 Å². The predicted molar refractivity (Wildman–Crippen MR) is 84.6 cm³/mol. The van der Waals surface area contributed by atoms with E-state index in [0.29, 0.717) is 12.5 Å². The van der Waals surface area contributed by atoms with Crippen molar-refractivity contribution >= 4 is 11.6 Å². The molecule has 0 aromatic carbocycles. The molecule has 6 heteroatoms. The van der Waals surface area contributed by atoms with Crippen LogP contribution in [0.15, 0.2) is 6.20 Å². The number of nitrogens with zero attached hydrogens (tertiary/aromatic N) is 3. The van der Waals surface area contributed by atoms with Crippen LogP contribution in [0.3, 0.4) is 0 Å². The summed E-state index contributed by atoms with van der Waals surface area (Å²) in [5.41, 5.74) is 1.66. The minimum Gasteiger partial charge on any atom is -0.377 e. The first-order valence-electron chi connectivity index (χ1n) is 8.16. The Morgan fingerprint density at radius 3 is 2.68 bits per heavy atom. The normalized spacial score (nSPS) is 27.2. The zero-order valence-electron chi connectivity index (χ0n) is 13.7. The van der Waals surface area contributed by atoms with E-state index >= 15 is 0 Å². The van der Waals surface area contributed by atoms with Crippen molar-refractivity contribution in [2.24, 2.45) is 18.9 Å². The number of likely N-dealkylation sites (tertiary alicyclic amines) is 1. The van der Waals surface area contributed by atoms with Crippen molar-refractivity contribution in [3.63, 3.8) is 0 Å². The molecule has 1 aromatic rings. The number of carbonyl (C=O) groups excluding carboxylic acids is 1. The molecule has 3 heterocycles. The van der Waals surface area contributed by atoms with Crippen molar-refractivity contribution in [1.29, 1.82) is 0 Å². The van der Waals surface area contributed by atoms with Crippen molar-refractivity contribution < 1.29 is 9.53 Å². The van der Waals surface area contributed by atoms with Gasteiger partial charge in [0.25, 0.3) is 0 Å². The highest BCUT2D eigenvalue weighted by atomic mass is 16.5. The summed E-state index contributed by atoms with van der Waals surface area (Å²) in [6.07, 6.45) is 4.99. The molecule has 0 radical (unpaired) electrons. The van der Waals surface area contributed by atoms with E-state index in [-0.39, 0.29) is 17.9 Å². The lowest BCUT2D eigenvalue weighted by Gasteiger charge is -2.34. The standard InChI is InChI=1S/C16H26N4O2/c1-11-14(10-20(3)18-11)17-16(21)13-6-9-22-15(13)12-4-7-19(2)8-5-12/h10,12-13,15H,4-9H2,1-3H3,(H,17,21)/t13-,15+/m0/s1. The molecule has 1 aromatic heterocycles. The Kier molecular flexibility index (Phi) is 4.49. The average molecular weight is 306 g/mol. The molecule has 2 atom stereocenters. The largest absolute Gasteiger partial charge is 0.377 e. The molecule has 2 aliphatic rings. The van der Waals surface area contributed by atoms with Gasteiger partial charge in [-0.3, -0.25) is 9.48 Å². The lowest BCUT2D eigenvalue weighted by Crippen LogP contribution is -2.40. The van der Waals surface area contributed by atoms with Gasteiger partial charge in [-0.2, -0.15) is 5.10 Å². The summed E-state index contributed by atoms with van der Waals surface area (Å²) in [6.45, 7) is 4.80. The molecule has 2 aliphatic heterocycles. The summed E-state index contributed by atoms with van der Waals surface area (Å²) in [6, 6.07) is 0. The highest BCUT2D eigenvalue weighted by molar-refractivity contribution is 5.93. The Labute approximate surface area is 131 Å². The van der Waals surface area contributed by atoms with Crippen molar-refractivity contribution in [2.75, 3.05) is 32.1 Å². The van der Waals surface area contributed by atoms with Crippen molar-refractivity contribution in [2.45, 2.75) is 32.3 Å². The Morgan fingerprint density at radius 1 is 1.32 bits per heavy atom. The predicted octanol–water partition coefficient (Wildman–Crippen LogP) is 1.41. The van der Waals surface area contributed by atoms with Crippen LogP contribution in [0.1, 0.15) is 25.0 Å². The second-order valence-corrected chi connectivity index (χ2v) is 6.66. The van der Waals surface area contributed by atoms with Gasteiger partial charge in [-0.25, -0.2) is 0 Å². The molecule has 2 fully saturated rings. The van der Waals surface area contributed by atoms with E-state index in [1.807, 2.05) is 20.2 Å². The van der Waals surface area contributed by atoms with Crippen LogP contribution in [0.5, 0.6) is 0 Å². The summed E-state index contributed by atoms with van der Waals surface area (Å²) in [5.74, 6) is 0.551. The molecule has 2 saturated heterocycles. The van der Waals surface area contributed by atoms with Crippen LogP contribution in [0.2, 0.25) is 0 Å². The van der Waals surface area contributed by atoms with E-state index in [4.69, 9.17) is 4.74 Å². The van der Waals surface area contributed by atoms with Crippen molar-refractivity contribution in [3.05, 3.63) is 11.9 Å². The second kappa shape index (κ2) is 6.38. The fourth-order valence-electron chi connectivity index (χ4n) is 3.66. The van der Waals surface area contributed by atoms with E-state index in [0.717, 1.165) is 43.7 Å². The number of hydrogen-bond donors (Lipinski definition) is 1. The molecular weight excluding hydrogens is 280 g/mol. The Bertz CT molecular complexity index is 534. The summed E-state index contributed by atoms with van der Waals surface area (Å²) in [5, 5.41) is 7.31. The first kappa shape index (κ1) is 15.5. The molecule has 3 rings (SSSR count). The van der Waals surface area contributed by atoms with E-state index < -0.39 is 0 Å². The van der Waals surface area contributed by atoms with Gasteiger partial charge in [0.15, 0.2) is 0 Å². The van der Waals surface area contributed by atoms with Crippen LogP contribution >= 0.6 is 0 Å². The molecule has 0 unspecified atom stereocenters. The number of nitrogens with one attached hydrogen (secondary N) is 1. The Hall–Kier alpha value is -1.40. The van der Waals surface area contributed by atoms with Gasteiger partial charge in [-0.1, -0.05) is 0 Å². The molecule has 1 amide bonds. The highest BCUT2D eigenvalue weighted by Crippen LogP contribution is 2.33. The highest BCUT2D eigenvalue weighted by Gasteiger charge is 2.40. The molecule has 6 nitrogen and oxygen atoms in total. The maximum Gasteiger partial charge on any atom is 0.230 e. The number of aryl methyl sites for hydroxylation is 2. The van der Waals surface area contributed by atoms with Crippen molar-refractivity contribution in [3.8, 4) is 0 Å². The molecule has 0 spiro atoms. The minimum atomic E-state index is -0.0342. The summed E-state index contributed by atoms with van der Waals surface area (Å²) < 4.78 is 7.66. The minimum absolute atomic E-state index is 0.0342. The number of hydrogen-bond acceptors (Lipinski definition) is 4. The molecular formula is C16H26N4O2. The fourth-order valence-corrected chi connectivity index (χ4v) is 3.66. The van der Waals surface area contributed by atoms with E-state index in [1.165, 1.54) is 0 Å². The number of aromatic nitrogens is 2. The van der Waals surface area contributed by atoms with Crippen molar-refractivity contribution in [1.82, 2.24) is 14.7 Å². The van der Waals surface area contributed by atoms with Crippen LogP contribution in [0.25, 0.3) is 0 Å². The van der Waals surface area contributed by atoms with Crippen LogP contribution < -0.4 is 5.32 Å². The van der Waals surface area contributed by atoms with Gasteiger partial charge < -0.3 is 15.0 Å². The van der Waals surface area contributed by atoms with E-state index in [2.05, 4.69) is 22.4 Å². The average Bonchev–Trinajstić information content (AvgIpc) is 3.07. The van der Waals surface area contributed by atoms with Gasteiger partial charge >= 0.3 is 0 Å². The van der Waals surface area contributed by atoms with Crippen LogP contribution in [-0.4, -0.2) is 53.4 Å². The zero-order chi connectivity index (χ0) is 15.7. The Morgan fingerprint density at radius 2 is 2.05 bits per heavy atom. The number of anilines is 1. The monoisotopic (exact) mass is 306 g/mol. The second-order valence-electron chi connectivity index (χ2n) is 6.66. The Balaban J connectivity index is 1.65. The molecule has 122 valence electrons. The molecule has 22 heavy (non-hydrogen) atoms. The van der Waals surface area contributed by atoms with Gasteiger partial charge in [0, 0.05) is 19.9 Å². The molecule has 1 N–H and O–H groups in total. The van der Waals surface area contributed by atoms with Gasteiger partial charge in [0.05, 0.1) is 23.4 Å². The maximum absolute atomic E-state index is 12.7. The molecule has 0 bridgehead atoms. The van der Waals surface area contributed by atoms with Crippen LogP contribution in [0.4, 0.5) is 5.69 Å². The number of piperidine rings is 1. The van der Waals surface area contributed by atoms with Gasteiger partial charge in [0.2, 0.25) is 5.91 Å². The smallest absolute Gasteiger partial charge is 0.230 e. The third kappa shape index (κ3) is 3.17. The summed E-state index contributed by atoms with van der Waals surface area (Å²) in [4.78, 5) is 15.0.